The maximum atomic E-state index is 14.0. The van der Waals surface area contributed by atoms with E-state index in [-0.39, 0.29) is 21.5 Å². The van der Waals surface area contributed by atoms with Crippen molar-refractivity contribution in [3.63, 3.8) is 0 Å². The molecule has 3 amide bonds. The highest BCUT2D eigenvalue weighted by Crippen LogP contribution is 2.55. The average molecular weight is 681 g/mol. The van der Waals surface area contributed by atoms with Gasteiger partial charge in [-0.1, -0.05) is 100 Å². The third kappa shape index (κ3) is 4.93. The summed E-state index contributed by atoms with van der Waals surface area (Å²) in [5.41, 5.74) is 1.52. The van der Waals surface area contributed by atoms with Crippen molar-refractivity contribution >= 4 is 97.8 Å². The minimum atomic E-state index is -0.866. The first-order valence-corrected chi connectivity index (χ1v) is 16.3. The number of hydrogen-bond donors (Lipinski definition) is 1. The van der Waals surface area contributed by atoms with Crippen LogP contribution in [0.5, 0.6) is 0 Å². The third-order valence-electron chi connectivity index (χ3n) is 7.79. The van der Waals surface area contributed by atoms with Gasteiger partial charge in [0.05, 0.1) is 26.7 Å². The number of halogens is 3. The Morgan fingerprint density at radius 1 is 0.841 bits per heavy atom. The fourth-order valence-corrected chi connectivity index (χ4v) is 9.12. The number of thiazole rings is 1. The first-order chi connectivity index (χ1) is 21.2. The second-order valence-electron chi connectivity index (χ2n) is 10.4. The second-order valence-corrected chi connectivity index (χ2v) is 13.8. The zero-order valence-electron chi connectivity index (χ0n) is 22.5. The maximum absolute atomic E-state index is 14.0. The average Bonchev–Trinajstić information content (AvgIpc) is 3.45. The Bertz CT molecular complexity index is 2060. The Labute approximate surface area is 274 Å². The summed E-state index contributed by atoms with van der Waals surface area (Å²) in [5.74, 6) is -2.84. The van der Waals surface area contributed by atoms with E-state index in [1.165, 1.54) is 4.57 Å². The highest BCUT2D eigenvalue weighted by molar-refractivity contribution is 8.00. The summed E-state index contributed by atoms with van der Waals surface area (Å²) in [6.07, 6.45) is 0. The normalized spacial score (nSPS) is 19.2. The van der Waals surface area contributed by atoms with Gasteiger partial charge in [-0.05, 0) is 58.8 Å². The standard InChI is InChI=1S/C32H20Cl3N3O4S2/c33-18-9-12-20(13-10-18)38-29(40)25-24(21-6-3-7-22(34)26(21)35)28-31(43-27(25)30(38)41)37(32(42)44-28)15-23(39)36-19-11-8-16-4-1-2-5-17(16)14-19/h1-14,24-25,27H,15H2,(H,36,39). The second kappa shape index (κ2) is 11.4. The number of carbonyl (C=O) groups excluding carboxylic acids is 3. The van der Waals surface area contributed by atoms with Gasteiger partial charge in [0.15, 0.2) is 0 Å². The number of imide groups is 1. The van der Waals surface area contributed by atoms with E-state index in [9.17, 15) is 19.2 Å². The molecule has 12 heteroatoms. The Morgan fingerprint density at radius 3 is 2.36 bits per heavy atom. The van der Waals surface area contributed by atoms with Crippen LogP contribution in [0.3, 0.4) is 0 Å². The van der Waals surface area contributed by atoms with Crippen LogP contribution in [0.4, 0.5) is 11.4 Å². The molecule has 0 bridgehead atoms. The number of hydrogen-bond acceptors (Lipinski definition) is 6. The first-order valence-electron chi connectivity index (χ1n) is 13.5. The van der Waals surface area contributed by atoms with Crippen molar-refractivity contribution in [1.82, 2.24) is 4.57 Å². The van der Waals surface area contributed by atoms with Crippen LogP contribution in [-0.4, -0.2) is 27.5 Å². The van der Waals surface area contributed by atoms with Gasteiger partial charge in [-0.3, -0.25) is 23.7 Å². The number of nitrogens with one attached hydrogen (secondary N) is 1. The molecule has 7 rings (SSSR count). The lowest BCUT2D eigenvalue weighted by atomic mass is 9.83. The molecule has 44 heavy (non-hydrogen) atoms. The fraction of sp³-hybridized carbons (Fsp3) is 0.125. The molecule has 2 aliphatic rings. The Hall–Kier alpha value is -3.60. The lowest BCUT2D eigenvalue weighted by Gasteiger charge is -2.31. The largest absolute Gasteiger partial charge is 0.325 e. The highest BCUT2D eigenvalue weighted by atomic mass is 35.5. The molecule has 3 unspecified atom stereocenters. The highest BCUT2D eigenvalue weighted by Gasteiger charge is 2.57. The van der Waals surface area contributed by atoms with E-state index >= 15 is 0 Å². The van der Waals surface area contributed by atoms with E-state index in [1.54, 1.807) is 48.5 Å². The molecule has 0 saturated carbocycles. The predicted octanol–water partition coefficient (Wildman–Crippen LogP) is 7.46. The quantitative estimate of drug-likeness (QED) is 0.195. The van der Waals surface area contributed by atoms with E-state index < -0.39 is 34.8 Å². The molecule has 1 fully saturated rings. The predicted molar refractivity (Wildman–Crippen MR) is 177 cm³/mol. The van der Waals surface area contributed by atoms with Crippen molar-refractivity contribution in [2.24, 2.45) is 5.92 Å². The number of thioether (sulfide) groups is 1. The van der Waals surface area contributed by atoms with Crippen LogP contribution in [0.25, 0.3) is 10.8 Å². The van der Waals surface area contributed by atoms with Crippen molar-refractivity contribution in [1.29, 1.82) is 0 Å². The summed E-state index contributed by atoms with van der Waals surface area (Å²) in [5, 5.41) is 5.46. The topological polar surface area (TPSA) is 88.5 Å². The van der Waals surface area contributed by atoms with Gasteiger partial charge in [0.1, 0.15) is 11.8 Å². The molecular weight excluding hydrogens is 661 g/mol. The van der Waals surface area contributed by atoms with Gasteiger partial charge in [-0.2, -0.15) is 0 Å². The number of carbonyl (C=O) groups is 3. The van der Waals surface area contributed by atoms with Gasteiger partial charge >= 0.3 is 4.87 Å². The molecule has 3 heterocycles. The molecule has 220 valence electrons. The van der Waals surface area contributed by atoms with Crippen LogP contribution in [0, 0.1) is 5.92 Å². The summed E-state index contributed by atoms with van der Waals surface area (Å²) < 4.78 is 1.37. The van der Waals surface area contributed by atoms with Crippen molar-refractivity contribution in [3.05, 3.63) is 120 Å². The number of rotatable bonds is 5. The molecule has 4 aromatic carbocycles. The van der Waals surface area contributed by atoms with Crippen LogP contribution in [-0.2, 0) is 20.9 Å². The Balaban J connectivity index is 1.28. The van der Waals surface area contributed by atoms with Crippen LogP contribution in [0.15, 0.2) is 94.7 Å². The molecular formula is C32H20Cl3N3O4S2. The molecule has 0 spiro atoms. The van der Waals surface area contributed by atoms with Gasteiger partial charge in [0, 0.05) is 21.5 Å². The zero-order valence-corrected chi connectivity index (χ0v) is 26.4. The van der Waals surface area contributed by atoms with Crippen LogP contribution < -0.4 is 15.1 Å². The number of amides is 3. The third-order valence-corrected chi connectivity index (χ3v) is 11.5. The van der Waals surface area contributed by atoms with E-state index in [0.29, 0.717) is 31.9 Å². The van der Waals surface area contributed by atoms with Crippen molar-refractivity contribution in [3.8, 4) is 0 Å². The summed E-state index contributed by atoms with van der Waals surface area (Å²) in [6, 6.07) is 24.9. The molecule has 0 aliphatic carbocycles. The van der Waals surface area contributed by atoms with Crippen molar-refractivity contribution in [2.75, 3.05) is 10.2 Å². The van der Waals surface area contributed by atoms with E-state index in [0.717, 1.165) is 38.8 Å². The lowest BCUT2D eigenvalue weighted by Crippen LogP contribution is -2.33. The number of fused-ring (bicyclic) bond motifs is 3. The number of benzene rings is 4. The number of aromatic nitrogens is 1. The summed E-state index contributed by atoms with van der Waals surface area (Å²) in [7, 11) is 0. The van der Waals surface area contributed by atoms with Gasteiger partial charge in [-0.15, -0.1) is 0 Å². The van der Waals surface area contributed by atoms with Gasteiger partial charge in [-0.25, -0.2) is 4.90 Å². The van der Waals surface area contributed by atoms with Crippen molar-refractivity contribution in [2.45, 2.75) is 22.7 Å². The van der Waals surface area contributed by atoms with Crippen LogP contribution >= 0.6 is 57.9 Å². The van der Waals surface area contributed by atoms with E-state index in [2.05, 4.69) is 5.32 Å². The fourth-order valence-electron chi connectivity index (χ4n) is 5.81. The molecule has 5 aromatic rings. The molecule has 1 N–H and O–H groups in total. The zero-order chi connectivity index (χ0) is 30.7. The Morgan fingerprint density at radius 2 is 1.59 bits per heavy atom. The molecule has 7 nitrogen and oxygen atoms in total. The van der Waals surface area contributed by atoms with E-state index in [1.807, 2.05) is 36.4 Å². The summed E-state index contributed by atoms with van der Waals surface area (Å²) >= 11 is 21.2. The first kappa shape index (κ1) is 29.1. The molecule has 3 atom stereocenters. The van der Waals surface area contributed by atoms with Crippen LogP contribution in [0.1, 0.15) is 16.4 Å². The van der Waals surface area contributed by atoms with Gasteiger partial charge in [0.2, 0.25) is 17.7 Å². The Kier molecular flexibility index (Phi) is 7.54. The van der Waals surface area contributed by atoms with Gasteiger partial charge in [0.25, 0.3) is 0 Å². The number of nitrogens with zero attached hydrogens (tertiary/aromatic N) is 2. The van der Waals surface area contributed by atoms with E-state index in [4.69, 9.17) is 34.8 Å². The molecule has 0 radical (unpaired) electrons. The smallest absolute Gasteiger partial charge is 0.308 e. The number of anilines is 2. The minimum Gasteiger partial charge on any atom is -0.325 e. The van der Waals surface area contributed by atoms with Crippen LogP contribution in [0.2, 0.25) is 15.1 Å². The maximum Gasteiger partial charge on any atom is 0.308 e. The molecule has 1 saturated heterocycles. The molecule has 1 aromatic heterocycles. The minimum absolute atomic E-state index is 0.238. The summed E-state index contributed by atoms with van der Waals surface area (Å²) in [6.45, 7) is -0.277. The lowest BCUT2D eigenvalue weighted by molar-refractivity contribution is -0.122. The SMILES string of the molecule is O=C(Cn1c2c(sc1=O)C(c1cccc(Cl)c1Cl)C1C(=O)N(c3ccc(Cl)cc3)C(=O)C1S2)Nc1ccc2ccccc2c1. The van der Waals surface area contributed by atoms with Crippen molar-refractivity contribution < 1.29 is 14.4 Å². The molecule has 2 aliphatic heterocycles. The summed E-state index contributed by atoms with van der Waals surface area (Å²) in [4.78, 5) is 56.0. The monoisotopic (exact) mass is 679 g/mol. The van der Waals surface area contributed by atoms with Gasteiger partial charge < -0.3 is 5.32 Å².